The third-order valence-electron chi connectivity index (χ3n) is 6.96. The summed E-state index contributed by atoms with van der Waals surface area (Å²) in [4.78, 5) is 41.7. The van der Waals surface area contributed by atoms with Gasteiger partial charge in [-0.3, -0.25) is 19.3 Å². The van der Waals surface area contributed by atoms with Gasteiger partial charge in [0.05, 0.1) is 5.92 Å². The van der Waals surface area contributed by atoms with E-state index in [1.807, 2.05) is 49.4 Å². The number of likely N-dealkylation sites (tertiary alicyclic amines) is 1. The Bertz CT molecular complexity index is 1020. The number of fused-ring (bicyclic) bond motifs is 1. The molecule has 2 amide bonds. The van der Waals surface area contributed by atoms with E-state index in [0.717, 1.165) is 37.7 Å². The van der Waals surface area contributed by atoms with Gasteiger partial charge in [-0.15, -0.1) is 0 Å². The second-order valence-corrected chi connectivity index (χ2v) is 8.71. The van der Waals surface area contributed by atoms with Crippen molar-refractivity contribution in [1.29, 1.82) is 0 Å². The summed E-state index contributed by atoms with van der Waals surface area (Å²) >= 11 is 0. The molecule has 1 aliphatic carbocycles. The molecule has 2 heterocycles. The van der Waals surface area contributed by atoms with Crippen molar-refractivity contribution in [3.8, 4) is 5.75 Å². The van der Waals surface area contributed by atoms with Gasteiger partial charge in [-0.2, -0.15) is 0 Å². The molecule has 1 saturated heterocycles. The lowest BCUT2D eigenvalue weighted by Crippen LogP contribution is -2.48. The lowest BCUT2D eigenvalue weighted by molar-refractivity contribution is -0.147. The van der Waals surface area contributed by atoms with Gasteiger partial charge in [-0.25, -0.2) is 0 Å². The predicted octanol–water partition coefficient (Wildman–Crippen LogP) is 3.91. The number of nitrogens with zero attached hydrogens (tertiary/aromatic N) is 1. The van der Waals surface area contributed by atoms with Crippen LogP contribution in [0.1, 0.15) is 55.2 Å². The second-order valence-electron chi connectivity index (χ2n) is 8.71. The topological polar surface area (TPSA) is 63.7 Å². The fraction of sp³-hybridized carbons (Fsp3) is 0.400. The van der Waals surface area contributed by atoms with Crippen LogP contribution in [0.2, 0.25) is 0 Å². The highest BCUT2D eigenvalue weighted by atomic mass is 16.5. The quantitative estimate of drug-likeness (QED) is 0.443. The van der Waals surface area contributed by atoms with Gasteiger partial charge in [-0.1, -0.05) is 67.3 Å². The Hall–Kier alpha value is -2.95. The van der Waals surface area contributed by atoms with Crippen LogP contribution in [-0.4, -0.2) is 28.7 Å². The number of aryl methyl sites for hydroxylation is 1. The van der Waals surface area contributed by atoms with Gasteiger partial charge >= 0.3 is 5.97 Å². The predicted molar refractivity (Wildman–Crippen MR) is 111 cm³/mol. The van der Waals surface area contributed by atoms with Crippen LogP contribution in [0.3, 0.4) is 0 Å². The molecule has 2 atom stereocenters. The monoisotopic (exact) mass is 403 g/mol. The Morgan fingerprint density at radius 3 is 2.43 bits per heavy atom. The standard InChI is InChI=1S/C25H25NO4/c1-16-12-13-21-19(14-16)25(24(29)30-21,17-8-4-2-5-9-17)20-15-22(27)26(23(20)28)18-10-6-3-7-11-18/h2,4-5,8-9,12-14,18,20H,3,6-7,10-11,15H2,1H3/t20-,25+/m1/s1. The average molecular weight is 403 g/mol. The fourth-order valence-electron chi connectivity index (χ4n) is 5.55. The van der Waals surface area contributed by atoms with Gasteiger partial charge in [0.1, 0.15) is 11.2 Å². The van der Waals surface area contributed by atoms with E-state index in [1.165, 1.54) is 4.90 Å². The molecule has 2 aliphatic heterocycles. The number of amides is 2. The van der Waals surface area contributed by atoms with E-state index in [9.17, 15) is 14.4 Å². The minimum atomic E-state index is -1.29. The number of hydrogen-bond donors (Lipinski definition) is 0. The summed E-state index contributed by atoms with van der Waals surface area (Å²) in [7, 11) is 0. The molecule has 5 nitrogen and oxygen atoms in total. The molecule has 5 rings (SSSR count). The van der Waals surface area contributed by atoms with Crippen molar-refractivity contribution < 1.29 is 19.1 Å². The van der Waals surface area contributed by atoms with Crippen LogP contribution in [0.15, 0.2) is 48.5 Å². The number of carbonyl (C=O) groups excluding carboxylic acids is 3. The molecule has 0 bridgehead atoms. The van der Waals surface area contributed by atoms with E-state index < -0.39 is 17.3 Å². The molecule has 1 saturated carbocycles. The number of hydrogen-bond acceptors (Lipinski definition) is 4. The van der Waals surface area contributed by atoms with Crippen molar-refractivity contribution >= 4 is 17.8 Å². The average Bonchev–Trinajstić information content (AvgIpc) is 3.22. The van der Waals surface area contributed by atoms with Crippen LogP contribution in [-0.2, 0) is 19.8 Å². The summed E-state index contributed by atoms with van der Waals surface area (Å²) in [5.41, 5.74) is 1.08. The van der Waals surface area contributed by atoms with Crippen LogP contribution in [0, 0.1) is 12.8 Å². The van der Waals surface area contributed by atoms with Gasteiger partial charge in [0.2, 0.25) is 11.8 Å². The Balaban J connectivity index is 1.67. The molecule has 0 unspecified atom stereocenters. The lowest BCUT2D eigenvalue weighted by atomic mass is 9.65. The maximum absolute atomic E-state index is 13.7. The summed E-state index contributed by atoms with van der Waals surface area (Å²) in [6.45, 7) is 1.95. The molecule has 0 aromatic heterocycles. The zero-order valence-electron chi connectivity index (χ0n) is 17.1. The molecular weight excluding hydrogens is 378 g/mol. The maximum atomic E-state index is 13.7. The number of rotatable bonds is 3. The second kappa shape index (κ2) is 7.08. The highest BCUT2D eigenvalue weighted by Gasteiger charge is 2.62. The highest BCUT2D eigenvalue weighted by molar-refractivity contribution is 6.09. The van der Waals surface area contributed by atoms with Crippen molar-refractivity contribution in [2.75, 3.05) is 0 Å². The summed E-state index contributed by atoms with van der Waals surface area (Å²) in [6.07, 6.45) is 4.93. The fourth-order valence-corrected chi connectivity index (χ4v) is 5.55. The normalized spacial score (nSPS) is 26.8. The van der Waals surface area contributed by atoms with Crippen LogP contribution in [0.4, 0.5) is 0 Å². The summed E-state index contributed by atoms with van der Waals surface area (Å²) < 4.78 is 5.69. The van der Waals surface area contributed by atoms with E-state index in [-0.39, 0.29) is 24.3 Å². The number of carbonyl (C=O) groups is 3. The minimum absolute atomic E-state index is 0.0344. The van der Waals surface area contributed by atoms with Crippen LogP contribution in [0.5, 0.6) is 5.75 Å². The van der Waals surface area contributed by atoms with E-state index >= 15 is 0 Å². The van der Waals surface area contributed by atoms with E-state index in [1.54, 1.807) is 6.07 Å². The van der Waals surface area contributed by atoms with Crippen LogP contribution >= 0.6 is 0 Å². The number of ether oxygens (including phenoxy) is 1. The van der Waals surface area contributed by atoms with Crippen LogP contribution in [0.25, 0.3) is 0 Å². The van der Waals surface area contributed by atoms with Crippen molar-refractivity contribution in [3.63, 3.8) is 0 Å². The molecule has 2 aromatic rings. The first-order valence-corrected chi connectivity index (χ1v) is 10.8. The largest absolute Gasteiger partial charge is 0.425 e. The molecule has 5 heteroatoms. The number of esters is 1. The van der Waals surface area contributed by atoms with Crippen molar-refractivity contribution in [3.05, 3.63) is 65.2 Å². The summed E-state index contributed by atoms with van der Waals surface area (Å²) in [5, 5.41) is 0. The number of benzene rings is 2. The Kier molecular flexibility index (Phi) is 4.49. The maximum Gasteiger partial charge on any atom is 0.327 e. The Labute approximate surface area is 176 Å². The summed E-state index contributed by atoms with van der Waals surface area (Å²) in [5.74, 6) is -1.18. The van der Waals surface area contributed by atoms with Gasteiger partial charge in [0, 0.05) is 18.0 Å². The SMILES string of the molecule is Cc1ccc2c(c1)[C@@](c1ccccc1)([C@@H]1CC(=O)N(C3CCCCC3)C1=O)C(=O)O2. The lowest BCUT2D eigenvalue weighted by Gasteiger charge is -2.33. The molecular formula is C25H25NO4. The summed E-state index contributed by atoms with van der Waals surface area (Å²) in [6, 6.07) is 14.9. The third kappa shape index (κ3) is 2.64. The Morgan fingerprint density at radius 1 is 0.967 bits per heavy atom. The van der Waals surface area contributed by atoms with E-state index in [2.05, 4.69) is 0 Å². The van der Waals surface area contributed by atoms with E-state index in [0.29, 0.717) is 16.9 Å². The first-order chi connectivity index (χ1) is 14.5. The van der Waals surface area contributed by atoms with Crippen LogP contribution < -0.4 is 4.74 Å². The Morgan fingerprint density at radius 2 is 1.70 bits per heavy atom. The molecule has 0 N–H and O–H groups in total. The first-order valence-electron chi connectivity index (χ1n) is 10.8. The molecule has 154 valence electrons. The molecule has 0 radical (unpaired) electrons. The van der Waals surface area contributed by atoms with Gasteiger partial charge in [0.15, 0.2) is 0 Å². The molecule has 2 fully saturated rings. The zero-order valence-corrected chi connectivity index (χ0v) is 17.1. The van der Waals surface area contributed by atoms with Crippen molar-refractivity contribution in [2.24, 2.45) is 5.92 Å². The zero-order chi connectivity index (χ0) is 20.9. The van der Waals surface area contributed by atoms with Gasteiger partial charge < -0.3 is 4.74 Å². The molecule has 2 aromatic carbocycles. The first kappa shape index (κ1) is 19.0. The smallest absolute Gasteiger partial charge is 0.327 e. The number of imide groups is 1. The molecule has 3 aliphatic rings. The van der Waals surface area contributed by atoms with E-state index in [4.69, 9.17) is 4.74 Å². The van der Waals surface area contributed by atoms with Crippen molar-refractivity contribution in [2.45, 2.75) is 56.9 Å². The van der Waals surface area contributed by atoms with Gasteiger partial charge in [-0.05, 0) is 31.4 Å². The molecule has 30 heavy (non-hydrogen) atoms. The van der Waals surface area contributed by atoms with Gasteiger partial charge in [0.25, 0.3) is 0 Å². The third-order valence-corrected chi connectivity index (χ3v) is 6.96. The highest BCUT2D eigenvalue weighted by Crippen LogP contribution is 2.53. The minimum Gasteiger partial charge on any atom is -0.425 e. The van der Waals surface area contributed by atoms with Crippen molar-refractivity contribution in [1.82, 2.24) is 4.90 Å². The molecule has 0 spiro atoms.